The Morgan fingerprint density at radius 2 is 2.04 bits per heavy atom. The minimum atomic E-state index is -0.243. The quantitative estimate of drug-likeness (QED) is 0.779. The van der Waals surface area contributed by atoms with Crippen LogP contribution in [0, 0.1) is 0 Å². The summed E-state index contributed by atoms with van der Waals surface area (Å²) >= 11 is 0. The summed E-state index contributed by atoms with van der Waals surface area (Å²) in [4.78, 5) is 26.6. The van der Waals surface area contributed by atoms with Crippen molar-refractivity contribution in [1.29, 1.82) is 0 Å². The van der Waals surface area contributed by atoms with Gasteiger partial charge in [-0.05, 0) is 24.6 Å². The molecular weight excluding hydrogens is 296 g/mol. The van der Waals surface area contributed by atoms with Crippen molar-refractivity contribution in [2.24, 2.45) is 0 Å². The molecule has 1 aromatic carbocycles. The number of hydrogen-bond acceptors (Lipinski definition) is 4. The van der Waals surface area contributed by atoms with Crippen molar-refractivity contribution >= 4 is 23.8 Å². The Balaban J connectivity index is 2.09. The van der Waals surface area contributed by atoms with Gasteiger partial charge >= 0.3 is 6.03 Å². The molecule has 0 saturated carbocycles. The zero-order chi connectivity index (χ0) is 16.7. The van der Waals surface area contributed by atoms with Gasteiger partial charge in [0.2, 0.25) is 6.41 Å². The fourth-order valence-electron chi connectivity index (χ4n) is 2.48. The van der Waals surface area contributed by atoms with Gasteiger partial charge < -0.3 is 25.2 Å². The highest BCUT2D eigenvalue weighted by molar-refractivity contribution is 5.91. The van der Waals surface area contributed by atoms with Crippen LogP contribution in [0.25, 0.3) is 0 Å². The minimum Gasteiger partial charge on any atom is -0.495 e. The van der Waals surface area contributed by atoms with E-state index < -0.39 is 0 Å². The molecule has 0 aromatic heterocycles. The molecule has 23 heavy (non-hydrogen) atoms. The minimum absolute atomic E-state index is 0.243. The van der Waals surface area contributed by atoms with E-state index in [2.05, 4.69) is 15.5 Å². The van der Waals surface area contributed by atoms with Gasteiger partial charge in [-0.1, -0.05) is 6.92 Å². The van der Waals surface area contributed by atoms with E-state index in [0.717, 1.165) is 31.6 Å². The number of methoxy groups -OCH3 is 1. The van der Waals surface area contributed by atoms with Crippen LogP contribution in [-0.2, 0) is 4.79 Å². The number of nitrogens with one attached hydrogen (secondary N) is 2. The van der Waals surface area contributed by atoms with Gasteiger partial charge in [0.1, 0.15) is 5.75 Å². The molecule has 1 heterocycles. The molecule has 0 radical (unpaired) electrons. The first-order valence-corrected chi connectivity index (χ1v) is 7.85. The molecule has 3 amide bonds. The van der Waals surface area contributed by atoms with E-state index in [1.807, 2.05) is 25.1 Å². The summed E-state index contributed by atoms with van der Waals surface area (Å²) in [6.45, 7) is 5.57. The lowest BCUT2D eigenvalue weighted by molar-refractivity contribution is -0.118. The number of anilines is 2. The predicted molar refractivity (Wildman–Crippen MR) is 90.2 cm³/mol. The molecule has 2 N–H and O–H groups in total. The number of piperazine rings is 1. The summed E-state index contributed by atoms with van der Waals surface area (Å²) < 4.78 is 5.31. The van der Waals surface area contributed by atoms with Crippen LogP contribution in [-0.4, -0.2) is 57.2 Å². The van der Waals surface area contributed by atoms with Crippen LogP contribution < -0.4 is 20.3 Å². The lowest BCUT2D eigenvalue weighted by Crippen LogP contribution is -2.45. The third kappa shape index (κ3) is 4.51. The van der Waals surface area contributed by atoms with E-state index in [1.54, 1.807) is 12.0 Å². The standard InChI is InChI=1S/C16H24N4O3/c1-3-6-17-16(22)18-14-11-13(4-5-15(14)23-2)20-9-7-19(12-21)8-10-20/h4-5,11-12H,3,6-10H2,1-2H3,(H2,17,18,22). The van der Waals surface area contributed by atoms with Gasteiger partial charge in [0.15, 0.2) is 0 Å². The van der Waals surface area contributed by atoms with E-state index in [-0.39, 0.29) is 6.03 Å². The molecule has 7 nitrogen and oxygen atoms in total. The lowest BCUT2D eigenvalue weighted by atomic mass is 10.2. The highest BCUT2D eigenvalue weighted by atomic mass is 16.5. The summed E-state index contributed by atoms with van der Waals surface area (Å²) in [5.74, 6) is 0.618. The van der Waals surface area contributed by atoms with Crippen molar-refractivity contribution in [3.63, 3.8) is 0 Å². The first kappa shape index (κ1) is 16.9. The second-order valence-electron chi connectivity index (χ2n) is 5.39. The molecule has 1 aliphatic rings. The molecule has 0 atom stereocenters. The Labute approximate surface area is 136 Å². The van der Waals surface area contributed by atoms with E-state index >= 15 is 0 Å². The number of carbonyl (C=O) groups excluding carboxylic acids is 2. The first-order valence-electron chi connectivity index (χ1n) is 7.85. The number of amides is 3. The monoisotopic (exact) mass is 320 g/mol. The zero-order valence-electron chi connectivity index (χ0n) is 13.7. The summed E-state index contributed by atoms with van der Waals surface area (Å²) in [7, 11) is 1.58. The zero-order valence-corrected chi connectivity index (χ0v) is 13.7. The second-order valence-corrected chi connectivity index (χ2v) is 5.39. The molecule has 2 rings (SSSR count). The van der Waals surface area contributed by atoms with E-state index in [9.17, 15) is 9.59 Å². The average molecular weight is 320 g/mol. The topological polar surface area (TPSA) is 73.9 Å². The normalized spacial score (nSPS) is 14.3. The van der Waals surface area contributed by atoms with E-state index in [0.29, 0.717) is 31.1 Å². The molecule has 0 spiro atoms. The predicted octanol–water partition coefficient (Wildman–Crippen LogP) is 1.51. The van der Waals surface area contributed by atoms with Gasteiger partial charge in [-0.25, -0.2) is 4.79 Å². The number of nitrogens with zero attached hydrogens (tertiary/aromatic N) is 2. The third-order valence-corrected chi connectivity index (χ3v) is 3.80. The Morgan fingerprint density at radius 1 is 1.30 bits per heavy atom. The fourth-order valence-corrected chi connectivity index (χ4v) is 2.48. The first-order chi connectivity index (χ1) is 11.2. The van der Waals surface area contributed by atoms with Crippen molar-refractivity contribution < 1.29 is 14.3 Å². The molecular formula is C16H24N4O3. The Bertz CT molecular complexity index is 542. The molecule has 0 unspecified atom stereocenters. The highest BCUT2D eigenvalue weighted by Crippen LogP contribution is 2.30. The number of urea groups is 1. The number of benzene rings is 1. The number of rotatable bonds is 6. The second kappa shape index (κ2) is 8.26. The van der Waals surface area contributed by atoms with Crippen molar-refractivity contribution in [2.45, 2.75) is 13.3 Å². The van der Waals surface area contributed by atoms with Gasteiger partial charge in [-0.15, -0.1) is 0 Å². The molecule has 0 aliphatic carbocycles. The lowest BCUT2D eigenvalue weighted by Gasteiger charge is -2.34. The summed E-state index contributed by atoms with van der Waals surface area (Å²) in [5.41, 5.74) is 1.64. The van der Waals surface area contributed by atoms with Crippen LogP contribution >= 0.6 is 0 Å². The van der Waals surface area contributed by atoms with Crippen molar-refractivity contribution in [1.82, 2.24) is 10.2 Å². The SMILES string of the molecule is CCCNC(=O)Nc1cc(N2CCN(C=O)CC2)ccc1OC. The fraction of sp³-hybridized carbons (Fsp3) is 0.500. The highest BCUT2D eigenvalue weighted by Gasteiger charge is 2.17. The van der Waals surface area contributed by atoms with Crippen LogP contribution in [0.5, 0.6) is 5.75 Å². The summed E-state index contributed by atoms with van der Waals surface area (Å²) in [6.07, 6.45) is 1.77. The van der Waals surface area contributed by atoms with Crippen LogP contribution in [0.3, 0.4) is 0 Å². The Hall–Kier alpha value is -2.44. The molecule has 7 heteroatoms. The summed E-state index contributed by atoms with van der Waals surface area (Å²) in [5, 5.41) is 5.61. The molecule has 1 saturated heterocycles. The van der Waals surface area contributed by atoms with Gasteiger partial charge in [0, 0.05) is 38.4 Å². The average Bonchev–Trinajstić information content (AvgIpc) is 2.60. The maximum atomic E-state index is 11.9. The molecule has 1 aromatic rings. The Morgan fingerprint density at radius 3 is 2.65 bits per heavy atom. The van der Waals surface area contributed by atoms with E-state index in [1.165, 1.54) is 0 Å². The molecule has 1 aliphatic heterocycles. The van der Waals surface area contributed by atoms with Gasteiger partial charge in [0.25, 0.3) is 0 Å². The van der Waals surface area contributed by atoms with Crippen molar-refractivity contribution in [3.05, 3.63) is 18.2 Å². The van der Waals surface area contributed by atoms with Crippen LogP contribution in [0.4, 0.5) is 16.2 Å². The third-order valence-electron chi connectivity index (χ3n) is 3.80. The molecule has 1 fully saturated rings. The molecule has 0 bridgehead atoms. The number of carbonyl (C=O) groups is 2. The van der Waals surface area contributed by atoms with Gasteiger partial charge in [-0.3, -0.25) is 4.79 Å². The maximum absolute atomic E-state index is 11.9. The smallest absolute Gasteiger partial charge is 0.319 e. The number of ether oxygens (including phenoxy) is 1. The number of hydrogen-bond donors (Lipinski definition) is 2. The van der Waals surface area contributed by atoms with Crippen molar-refractivity contribution in [2.75, 3.05) is 50.1 Å². The van der Waals surface area contributed by atoms with Crippen LogP contribution in [0.2, 0.25) is 0 Å². The Kier molecular flexibility index (Phi) is 6.08. The summed E-state index contributed by atoms with van der Waals surface area (Å²) in [6, 6.07) is 5.47. The van der Waals surface area contributed by atoms with Crippen molar-refractivity contribution in [3.8, 4) is 5.75 Å². The van der Waals surface area contributed by atoms with Crippen LogP contribution in [0.15, 0.2) is 18.2 Å². The van der Waals surface area contributed by atoms with E-state index in [4.69, 9.17) is 4.74 Å². The maximum Gasteiger partial charge on any atom is 0.319 e. The largest absolute Gasteiger partial charge is 0.495 e. The van der Waals surface area contributed by atoms with Gasteiger partial charge in [-0.2, -0.15) is 0 Å². The molecule has 126 valence electrons. The van der Waals surface area contributed by atoms with Crippen LogP contribution in [0.1, 0.15) is 13.3 Å². The van der Waals surface area contributed by atoms with Gasteiger partial charge in [0.05, 0.1) is 12.8 Å².